The van der Waals surface area contributed by atoms with Gasteiger partial charge in [-0.1, -0.05) is 108 Å². The molecular weight excluding hydrogens is 489 g/mol. The van der Waals surface area contributed by atoms with E-state index >= 15 is 0 Å². The fourth-order valence-electron chi connectivity index (χ4n) is 3.10. The first-order chi connectivity index (χ1) is 14.3. The number of fused-ring (bicyclic) bond motifs is 1. The molecule has 2 aromatic carbocycles. The van der Waals surface area contributed by atoms with E-state index in [-0.39, 0.29) is 0 Å². The van der Waals surface area contributed by atoms with Gasteiger partial charge in [-0.15, -0.1) is 34.9 Å². The van der Waals surface area contributed by atoms with E-state index in [1.165, 1.54) is 47.6 Å². The Morgan fingerprint density at radius 2 is 1.17 bits per heavy atom. The van der Waals surface area contributed by atoms with Crippen LogP contribution < -0.4 is 0 Å². The van der Waals surface area contributed by atoms with E-state index in [4.69, 9.17) is 0 Å². The first-order valence-corrected chi connectivity index (χ1v) is 15.4. The molecule has 0 aliphatic carbocycles. The lowest BCUT2D eigenvalue weighted by atomic mass is 10.0. The van der Waals surface area contributed by atoms with E-state index in [1.807, 2.05) is 81.9 Å². The monoisotopic (exact) mass is 504 g/mol. The highest BCUT2D eigenvalue weighted by Crippen LogP contribution is 2.67. The molecule has 0 saturated carbocycles. The lowest BCUT2D eigenvalue weighted by Gasteiger charge is -2.08. The van der Waals surface area contributed by atoms with Crippen molar-refractivity contribution in [2.24, 2.45) is 0 Å². The van der Waals surface area contributed by atoms with Crippen LogP contribution in [0.15, 0.2) is 86.7 Å². The van der Waals surface area contributed by atoms with Gasteiger partial charge < -0.3 is 0 Å². The van der Waals surface area contributed by atoms with Crippen molar-refractivity contribution in [3.63, 3.8) is 0 Å². The molecule has 0 atom stereocenters. The lowest BCUT2D eigenvalue weighted by Crippen LogP contribution is -1.81. The highest BCUT2D eigenvalue weighted by atomic mass is 32.3. The smallest absolute Gasteiger partial charge is 0.0805 e. The first-order valence-electron chi connectivity index (χ1n) is 8.84. The van der Waals surface area contributed by atoms with Crippen LogP contribution >= 0.6 is 81.9 Å². The average molecular weight is 505 g/mol. The number of rotatable bonds is 4. The van der Waals surface area contributed by atoms with E-state index in [2.05, 4.69) is 73.2 Å². The van der Waals surface area contributed by atoms with Crippen molar-refractivity contribution >= 4 is 81.9 Å². The molecule has 5 rings (SSSR count). The van der Waals surface area contributed by atoms with Gasteiger partial charge in [0.15, 0.2) is 0 Å². The molecule has 0 saturated heterocycles. The predicted octanol–water partition coefficient (Wildman–Crippen LogP) is 9.74. The van der Waals surface area contributed by atoms with Crippen LogP contribution in [0.4, 0.5) is 0 Å². The number of hydrogen-bond donors (Lipinski definition) is 0. The number of hydrogen-bond acceptors (Lipinski definition) is 7. The molecule has 0 fully saturated rings. The maximum atomic E-state index is 2.24. The number of benzene rings is 2. The summed E-state index contributed by atoms with van der Waals surface area (Å²) in [5.41, 5.74) is 4.01. The molecule has 2 aliphatic heterocycles. The molecule has 146 valence electrons. The van der Waals surface area contributed by atoms with Crippen LogP contribution in [-0.2, 0) is 0 Å². The fourth-order valence-corrected chi connectivity index (χ4v) is 12.9. The Labute approximate surface area is 201 Å². The Bertz CT molecular complexity index is 1090. The van der Waals surface area contributed by atoms with Crippen LogP contribution in [0, 0.1) is 0 Å². The Kier molecular flexibility index (Phi) is 6.44. The highest BCUT2D eigenvalue weighted by Gasteiger charge is 2.32. The molecule has 0 amide bonds. The number of thiophene rings is 1. The van der Waals surface area contributed by atoms with Gasteiger partial charge in [0.25, 0.3) is 0 Å². The predicted molar refractivity (Wildman–Crippen MR) is 143 cm³/mol. The highest BCUT2D eigenvalue weighted by molar-refractivity contribution is 8.42. The van der Waals surface area contributed by atoms with Crippen molar-refractivity contribution in [1.29, 1.82) is 0 Å². The fraction of sp³-hybridized carbons (Fsp3) is 0.0909. The first kappa shape index (κ1) is 20.6. The van der Waals surface area contributed by atoms with Gasteiger partial charge in [-0.2, -0.15) is 0 Å². The van der Waals surface area contributed by atoms with Gasteiger partial charge in [-0.3, -0.25) is 0 Å². The van der Waals surface area contributed by atoms with Gasteiger partial charge >= 0.3 is 0 Å². The van der Waals surface area contributed by atoms with Crippen LogP contribution in [0.3, 0.4) is 0 Å². The van der Waals surface area contributed by atoms with Gasteiger partial charge in [0, 0.05) is 15.3 Å². The minimum absolute atomic E-state index is 1.31. The Hall–Kier alpha value is -0.280. The number of thioether (sulfide) groups is 6. The van der Waals surface area contributed by atoms with Crippen LogP contribution in [0.25, 0.3) is 21.6 Å². The van der Waals surface area contributed by atoms with E-state index < -0.39 is 0 Å². The van der Waals surface area contributed by atoms with Crippen molar-refractivity contribution in [3.8, 4) is 21.6 Å². The third-order valence-corrected chi connectivity index (χ3v) is 14.2. The molecule has 0 bridgehead atoms. The second kappa shape index (κ2) is 9.07. The zero-order valence-corrected chi connectivity index (χ0v) is 21.3. The average Bonchev–Trinajstić information content (AvgIpc) is 3.46. The van der Waals surface area contributed by atoms with Crippen molar-refractivity contribution < 1.29 is 0 Å². The summed E-state index contributed by atoms with van der Waals surface area (Å²) in [7, 11) is 0. The van der Waals surface area contributed by atoms with E-state index in [1.54, 1.807) is 0 Å². The molecule has 2 aliphatic rings. The minimum atomic E-state index is 1.31. The second-order valence-corrected chi connectivity index (χ2v) is 14.1. The molecule has 0 radical (unpaired) electrons. The standard InChI is InChI=1S/C22H16S7/c1-23-19-20(24-2)29-22(28-19)21-26-17-15(13-9-5-3-6-10-13)16(25-18(17)27-21)14-11-7-4-8-12-14/h3-12H,1-2H3. The van der Waals surface area contributed by atoms with Crippen molar-refractivity contribution in [3.05, 3.63) is 77.6 Å². The molecule has 0 nitrogen and oxygen atoms in total. The summed E-state index contributed by atoms with van der Waals surface area (Å²) in [4.78, 5) is 2.81. The van der Waals surface area contributed by atoms with Gasteiger partial charge in [-0.25, -0.2) is 0 Å². The molecule has 0 N–H and O–H groups in total. The molecule has 1 aromatic heterocycles. The molecule has 0 unspecified atom stereocenters. The Morgan fingerprint density at radius 3 is 1.76 bits per heavy atom. The maximum absolute atomic E-state index is 2.24. The van der Waals surface area contributed by atoms with Crippen LogP contribution in [0.1, 0.15) is 0 Å². The third-order valence-electron chi connectivity index (χ3n) is 4.39. The summed E-state index contributed by atoms with van der Waals surface area (Å²) in [6.45, 7) is 0. The van der Waals surface area contributed by atoms with Crippen molar-refractivity contribution in [2.45, 2.75) is 9.10 Å². The molecule has 0 spiro atoms. The largest absolute Gasteiger partial charge is 0.127 e. The van der Waals surface area contributed by atoms with Crippen LogP contribution in [-0.4, -0.2) is 12.5 Å². The zero-order valence-electron chi connectivity index (χ0n) is 15.6. The maximum Gasteiger partial charge on any atom is 0.0805 e. The minimum Gasteiger partial charge on any atom is -0.127 e. The van der Waals surface area contributed by atoms with Crippen molar-refractivity contribution in [2.75, 3.05) is 12.5 Å². The molecule has 3 aromatic rings. The summed E-state index contributed by atoms with van der Waals surface area (Å²) >= 11 is 13.5. The van der Waals surface area contributed by atoms with E-state index in [9.17, 15) is 0 Å². The van der Waals surface area contributed by atoms with E-state index in [0.717, 1.165) is 0 Å². The quantitative estimate of drug-likeness (QED) is 0.344. The SMILES string of the molecule is CSC1=C(SC)SC(=C2Sc3sc(-c4ccccc4)c(-c4ccccc4)c3S2)S1. The summed E-state index contributed by atoms with van der Waals surface area (Å²) < 4.78 is 7.19. The topological polar surface area (TPSA) is 0 Å². The molecule has 7 heteroatoms. The summed E-state index contributed by atoms with van der Waals surface area (Å²) in [5, 5.41) is 0. The van der Waals surface area contributed by atoms with Crippen LogP contribution in [0.2, 0.25) is 0 Å². The summed E-state index contributed by atoms with van der Waals surface area (Å²) in [6, 6.07) is 21.7. The Morgan fingerprint density at radius 1 is 0.621 bits per heavy atom. The molecular formula is C22H16S7. The molecule has 3 heterocycles. The van der Waals surface area contributed by atoms with E-state index in [0.29, 0.717) is 0 Å². The summed E-state index contributed by atoms with van der Waals surface area (Å²) in [6.07, 6.45) is 4.36. The van der Waals surface area contributed by atoms with Gasteiger partial charge in [-0.05, 0) is 23.6 Å². The van der Waals surface area contributed by atoms with Gasteiger partial charge in [0.05, 0.1) is 21.2 Å². The van der Waals surface area contributed by atoms with Crippen molar-refractivity contribution in [1.82, 2.24) is 0 Å². The zero-order chi connectivity index (χ0) is 19.8. The van der Waals surface area contributed by atoms with Gasteiger partial charge in [0.1, 0.15) is 0 Å². The lowest BCUT2D eigenvalue weighted by molar-refractivity contribution is 1.41. The van der Waals surface area contributed by atoms with Crippen LogP contribution in [0.5, 0.6) is 0 Å². The Balaban J connectivity index is 1.57. The van der Waals surface area contributed by atoms with Gasteiger partial charge in [0.2, 0.25) is 0 Å². The normalized spacial score (nSPS) is 16.1. The third kappa shape index (κ3) is 4.00. The molecule has 29 heavy (non-hydrogen) atoms. The summed E-state index contributed by atoms with van der Waals surface area (Å²) in [5.74, 6) is 0. The second-order valence-electron chi connectivity index (χ2n) is 6.12.